The summed E-state index contributed by atoms with van der Waals surface area (Å²) in [6.45, 7) is 3.29. The Morgan fingerprint density at radius 2 is 1.90 bits per heavy atom. The van der Waals surface area contributed by atoms with Crippen LogP contribution in [-0.4, -0.2) is 21.3 Å². The van der Waals surface area contributed by atoms with Crippen LogP contribution in [0.1, 0.15) is 45.4 Å². The molecule has 4 heteroatoms. The predicted molar refractivity (Wildman–Crippen MR) is 88.3 cm³/mol. The number of aromatic nitrogens is 3. The van der Waals surface area contributed by atoms with Gasteiger partial charge in [0.2, 0.25) is 0 Å². The first-order valence-electron chi connectivity index (χ1n) is 7.99. The molecule has 21 heavy (non-hydrogen) atoms. The first-order valence-corrected chi connectivity index (χ1v) is 7.99. The molecule has 0 spiro atoms. The minimum atomic E-state index is 0.901. The first-order chi connectivity index (χ1) is 10.3. The molecule has 0 aliphatic rings. The minimum Gasteiger partial charge on any atom is -0.385 e. The highest BCUT2D eigenvalue weighted by Crippen LogP contribution is 2.20. The van der Waals surface area contributed by atoms with Gasteiger partial charge in [-0.3, -0.25) is 0 Å². The second kappa shape index (κ2) is 8.45. The largest absolute Gasteiger partial charge is 0.385 e. The van der Waals surface area contributed by atoms with E-state index >= 15 is 0 Å². The Morgan fingerprint density at radius 3 is 2.67 bits per heavy atom. The maximum Gasteiger partial charge on any atom is 0.163 e. The summed E-state index contributed by atoms with van der Waals surface area (Å²) in [6, 6.07) is 8.38. The fourth-order valence-corrected chi connectivity index (χ4v) is 2.45. The Bertz CT molecular complexity index is 533. The summed E-state index contributed by atoms with van der Waals surface area (Å²) in [7, 11) is 1.96. The molecule has 1 aromatic carbocycles. The van der Waals surface area contributed by atoms with E-state index in [4.69, 9.17) is 0 Å². The van der Waals surface area contributed by atoms with E-state index in [0.29, 0.717) is 0 Å². The van der Waals surface area contributed by atoms with Crippen molar-refractivity contribution >= 4 is 5.69 Å². The van der Waals surface area contributed by atoms with Crippen LogP contribution in [0.3, 0.4) is 0 Å². The summed E-state index contributed by atoms with van der Waals surface area (Å²) in [4.78, 5) is 0. The number of anilines is 1. The van der Waals surface area contributed by atoms with Crippen LogP contribution in [0.25, 0.3) is 11.4 Å². The highest BCUT2D eigenvalue weighted by molar-refractivity contribution is 5.62. The lowest BCUT2D eigenvalue weighted by Gasteiger charge is -2.08. The van der Waals surface area contributed by atoms with Gasteiger partial charge in [-0.05, 0) is 18.6 Å². The fraction of sp³-hybridized carbons (Fsp3) is 0.529. The molecule has 0 unspecified atom stereocenters. The van der Waals surface area contributed by atoms with Gasteiger partial charge in [-0.15, -0.1) is 10.2 Å². The second-order valence-corrected chi connectivity index (χ2v) is 5.54. The van der Waals surface area contributed by atoms with Crippen molar-refractivity contribution in [1.29, 1.82) is 0 Å². The third kappa shape index (κ3) is 4.88. The normalized spacial score (nSPS) is 10.8. The van der Waals surface area contributed by atoms with Gasteiger partial charge in [-0.1, -0.05) is 51.2 Å². The van der Waals surface area contributed by atoms with E-state index in [2.05, 4.69) is 46.7 Å². The molecule has 0 saturated carbocycles. The summed E-state index contributed by atoms with van der Waals surface area (Å²) in [5.41, 5.74) is 2.26. The molecule has 0 saturated heterocycles. The zero-order chi connectivity index (χ0) is 14.9. The summed E-state index contributed by atoms with van der Waals surface area (Å²) in [5, 5.41) is 11.6. The van der Waals surface area contributed by atoms with Crippen LogP contribution in [0.2, 0.25) is 0 Å². The molecule has 114 valence electrons. The lowest BCUT2D eigenvalue weighted by molar-refractivity contribution is 0.617. The summed E-state index contributed by atoms with van der Waals surface area (Å²) in [6.07, 6.45) is 9.69. The van der Waals surface area contributed by atoms with Crippen LogP contribution in [0.15, 0.2) is 30.6 Å². The Hall–Kier alpha value is -1.84. The molecule has 1 N–H and O–H groups in total. The van der Waals surface area contributed by atoms with E-state index in [0.717, 1.165) is 23.6 Å². The third-order valence-electron chi connectivity index (χ3n) is 3.69. The van der Waals surface area contributed by atoms with Crippen molar-refractivity contribution in [3.63, 3.8) is 0 Å². The van der Waals surface area contributed by atoms with Crippen molar-refractivity contribution in [2.45, 2.75) is 45.4 Å². The van der Waals surface area contributed by atoms with Gasteiger partial charge in [0.15, 0.2) is 5.82 Å². The zero-order valence-electron chi connectivity index (χ0n) is 13.2. The highest BCUT2D eigenvalue weighted by atomic mass is 15.2. The molecule has 2 rings (SSSR count). The number of unbranched alkanes of at least 4 members (excludes halogenated alkanes) is 5. The maximum atomic E-state index is 4.15. The van der Waals surface area contributed by atoms with Crippen LogP contribution >= 0.6 is 0 Å². The van der Waals surface area contributed by atoms with Crippen molar-refractivity contribution in [3.05, 3.63) is 30.6 Å². The number of nitrogens with zero attached hydrogens (tertiary/aromatic N) is 3. The first kappa shape index (κ1) is 15.5. The van der Waals surface area contributed by atoms with Crippen molar-refractivity contribution < 1.29 is 0 Å². The predicted octanol–water partition coefficient (Wildman–Crippen LogP) is 4.25. The quantitative estimate of drug-likeness (QED) is 0.701. The SMILES string of the molecule is CCCCCCCCNc1cccc(-c2nncn2C)c1. The second-order valence-electron chi connectivity index (χ2n) is 5.54. The smallest absolute Gasteiger partial charge is 0.163 e. The monoisotopic (exact) mass is 286 g/mol. The molecular weight excluding hydrogens is 260 g/mol. The molecule has 0 amide bonds. The van der Waals surface area contributed by atoms with Crippen LogP contribution < -0.4 is 5.32 Å². The molecule has 0 aliphatic carbocycles. The molecule has 0 atom stereocenters. The molecule has 0 bridgehead atoms. The van der Waals surface area contributed by atoms with Crippen molar-refractivity contribution in [3.8, 4) is 11.4 Å². The number of nitrogens with one attached hydrogen (secondary N) is 1. The van der Waals surface area contributed by atoms with E-state index in [9.17, 15) is 0 Å². The summed E-state index contributed by atoms with van der Waals surface area (Å²) >= 11 is 0. The van der Waals surface area contributed by atoms with Gasteiger partial charge in [-0.25, -0.2) is 0 Å². The molecule has 4 nitrogen and oxygen atoms in total. The lowest BCUT2D eigenvalue weighted by atomic mass is 10.1. The highest BCUT2D eigenvalue weighted by Gasteiger charge is 2.04. The zero-order valence-corrected chi connectivity index (χ0v) is 13.2. The van der Waals surface area contributed by atoms with Crippen molar-refractivity contribution in [2.75, 3.05) is 11.9 Å². The number of benzene rings is 1. The van der Waals surface area contributed by atoms with Crippen LogP contribution in [-0.2, 0) is 7.05 Å². The van der Waals surface area contributed by atoms with Gasteiger partial charge >= 0.3 is 0 Å². The van der Waals surface area contributed by atoms with E-state index in [1.54, 1.807) is 6.33 Å². The Labute approximate surface area is 127 Å². The van der Waals surface area contributed by atoms with E-state index in [1.807, 2.05) is 11.6 Å². The standard InChI is InChI=1S/C17H26N4/c1-3-4-5-6-7-8-12-18-16-11-9-10-15(13-16)17-20-19-14-21(17)2/h9-11,13-14,18H,3-8,12H2,1-2H3. The molecule has 0 fully saturated rings. The van der Waals surface area contributed by atoms with Crippen LogP contribution in [0.5, 0.6) is 0 Å². The molecule has 1 heterocycles. The van der Waals surface area contributed by atoms with Crippen molar-refractivity contribution in [1.82, 2.24) is 14.8 Å². The van der Waals surface area contributed by atoms with Gasteiger partial charge in [-0.2, -0.15) is 0 Å². The van der Waals surface area contributed by atoms with Gasteiger partial charge in [0, 0.05) is 24.8 Å². The third-order valence-corrected chi connectivity index (χ3v) is 3.69. The molecule has 0 radical (unpaired) electrons. The van der Waals surface area contributed by atoms with E-state index in [-0.39, 0.29) is 0 Å². The molecule has 1 aromatic heterocycles. The van der Waals surface area contributed by atoms with Gasteiger partial charge in [0.25, 0.3) is 0 Å². The number of aryl methyl sites for hydroxylation is 1. The van der Waals surface area contributed by atoms with Crippen LogP contribution in [0, 0.1) is 0 Å². The number of hydrogen-bond acceptors (Lipinski definition) is 3. The average Bonchev–Trinajstić information content (AvgIpc) is 2.93. The Morgan fingerprint density at radius 1 is 1.10 bits per heavy atom. The van der Waals surface area contributed by atoms with Gasteiger partial charge in [0.1, 0.15) is 6.33 Å². The summed E-state index contributed by atoms with van der Waals surface area (Å²) < 4.78 is 1.94. The molecular formula is C17H26N4. The van der Waals surface area contributed by atoms with Gasteiger partial charge in [0.05, 0.1) is 0 Å². The minimum absolute atomic E-state index is 0.901. The molecule has 0 aliphatic heterocycles. The Kier molecular flexibility index (Phi) is 6.25. The average molecular weight is 286 g/mol. The fourth-order valence-electron chi connectivity index (χ4n) is 2.45. The maximum absolute atomic E-state index is 4.15. The Balaban J connectivity index is 1.78. The number of hydrogen-bond donors (Lipinski definition) is 1. The van der Waals surface area contributed by atoms with E-state index < -0.39 is 0 Å². The van der Waals surface area contributed by atoms with Crippen LogP contribution in [0.4, 0.5) is 5.69 Å². The van der Waals surface area contributed by atoms with Crippen molar-refractivity contribution in [2.24, 2.45) is 7.05 Å². The topological polar surface area (TPSA) is 42.7 Å². The van der Waals surface area contributed by atoms with E-state index in [1.165, 1.54) is 38.5 Å². The lowest BCUT2D eigenvalue weighted by Crippen LogP contribution is -2.01. The summed E-state index contributed by atoms with van der Waals surface area (Å²) in [5.74, 6) is 0.901. The number of rotatable bonds is 9. The molecule has 2 aromatic rings. The van der Waals surface area contributed by atoms with Gasteiger partial charge < -0.3 is 9.88 Å².